The molecule has 92 valence electrons. The van der Waals surface area contributed by atoms with Crippen LogP contribution in [-0.2, 0) is 0 Å². The summed E-state index contributed by atoms with van der Waals surface area (Å²) in [6, 6.07) is 0.651. The highest BCUT2D eigenvalue weighted by molar-refractivity contribution is 5.36. The van der Waals surface area contributed by atoms with Crippen molar-refractivity contribution in [1.29, 1.82) is 0 Å². The second kappa shape index (κ2) is 4.62. The molecule has 0 spiro atoms. The van der Waals surface area contributed by atoms with Gasteiger partial charge in [0.25, 0.3) is 0 Å². The Morgan fingerprint density at radius 3 is 2.71 bits per heavy atom. The summed E-state index contributed by atoms with van der Waals surface area (Å²) in [4.78, 5) is 20.2. The van der Waals surface area contributed by atoms with Crippen molar-refractivity contribution in [3.63, 3.8) is 0 Å². The zero-order valence-corrected chi connectivity index (χ0v) is 9.83. The van der Waals surface area contributed by atoms with Crippen LogP contribution in [0.3, 0.4) is 0 Å². The van der Waals surface area contributed by atoms with Crippen LogP contribution in [-0.4, -0.2) is 40.1 Å². The van der Waals surface area contributed by atoms with E-state index < -0.39 is 4.92 Å². The fraction of sp³-hybridized carbons (Fsp3) is 0.600. The van der Waals surface area contributed by atoms with Crippen molar-refractivity contribution >= 4 is 11.6 Å². The minimum atomic E-state index is -0.492. The summed E-state index contributed by atoms with van der Waals surface area (Å²) >= 11 is 0. The summed E-state index contributed by atoms with van der Waals surface area (Å²) in [5.74, 6) is 0.552. The van der Waals surface area contributed by atoms with Gasteiger partial charge in [0.1, 0.15) is 12.4 Å². The van der Waals surface area contributed by atoms with E-state index in [0.29, 0.717) is 12.0 Å². The number of nitro groups is 1. The molecule has 7 heteroatoms. The van der Waals surface area contributed by atoms with E-state index in [9.17, 15) is 10.1 Å². The minimum Gasteiger partial charge on any atom is -0.335 e. The summed E-state index contributed by atoms with van der Waals surface area (Å²) in [5, 5.41) is 13.9. The molecule has 1 saturated heterocycles. The molecule has 1 N–H and O–H groups in total. The lowest BCUT2D eigenvalue weighted by atomic mass is 10.1. The molecule has 0 amide bonds. The van der Waals surface area contributed by atoms with E-state index in [2.05, 4.69) is 34.0 Å². The summed E-state index contributed by atoms with van der Waals surface area (Å²) in [7, 11) is 0. The number of anilines is 1. The van der Waals surface area contributed by atoms with Crippen LogP contribution in [0.25, 0.3) is 0 Å². The largest absolute Gasteiger partial charge is 0.335 e. The van der Waals surface area contributed by atoms with Crippen LogP contribution in [0.5, 0.6) is 0 Å². The number of hydrogen-bond acceptors (Lipinski definition) is 6. The maximum absolute atomic E-state index is 10.5. The van der Waals surface area contributed by atoms with Crippen molar-refractivity contribution in [2.24, 2.45) is 0 Å². The fourth-order valence-corrected chi connectivity index (χ4v) is 1.86. The van der Waals surface area contributed by atoms with Crippen molar-refractivity contribution < 1.29 is 4.92 Å². The monoisotopic (exact) mass is 237 g/mol. The molecule has 1 aliphatic rings. The van der Waals surface area contributed by atoms with Gasteiger partial charge in [0.2, 0.25) is 5.95 Å². The van der Waals surface area contributed by atoms with Crippen LogP contribution in [0.15, 0.2) is 12.4 Å². The Kier molecular flexibility index (Phi) is 3.19. The van der Waals surface area contributed by atoms with Crippen molar-refractivity contribution in [2.45, 2.75) is 25.9 Å². The molecule has 0 radical (unpaired) electrons. The third-order valence-electron chi connectivity index (χ3n) is 2.86. The number of rotatable bonds is 2. The molecule has 2 atom stereocenters. The van der Waals surface area contributed by atoms with Crippen LogP contribution in [0, 0.1) is 10.1 Å². The fourth-order valence-electron chi connectivity index (χ4n) is 1.86. The molecule has 7 nitrogen and oxygen atoms in total. The third-order valence-corrected chi connectivity index (χ3v) is 2.86. The Hall–Kier alpha value is -1.76. The van der Waals surface area contributed by atoms with Crippen molar-refractivity contribution in [1.82, 2.24) is 15.3 Å². The first-order chi connectivity index (χ1) is 8.08. The van der Waals surface area contributed by atoms with Gasteiger partial charge in [-0.2, -0.15) is 0 Å². The Morgan fingerprint density at radius 1 is 1.47 bits per heavy atom. The SMILES string of the molecule is CC1CN(c2ncc([N+](=O)[O-])cn2)C(C)CN1. The van der Waals surface area contributed by atoms with Crippen molar-refractivity contribution in [3.8, 4) is 0 Å². The lowest BCUT2D eigenvalue weighted by Crippen LogP contribution is -2.55. The topological polar surface area (TPSA) is 84.2 Å². The first-order valence-electron chi connectivity index (χ1n) is 5.54. The second-order valence-corrected chi connectivity index (χ2v) is 4.31. The normalized spacial score (nSPS) is 24.7. The Bertz CT molecular complexity index is 408. The van der Waals surface area contributed by atoms with Gasteiger partial charge in [-0.3, -0.25) is 10.1 Å². The summed E-state index contributed by atoms with van der Waals surface area (Å²) < 4.78 is 0. The average molecular weight is 237 g/mol. The molecular formula is C10H15N5O2. The van der Waals surface area contributed by atoms with Crippen LogP contribution >= 0.6 is 0 Å². The van der Waals surface area contributed by atoms with E-state index in [4.69, 9.17) is 0 Å². The number of aromatic nitrogens is 2. The predicted molar refractivity (Wildman–Crippen MR) is 63.0 cm³/mol. The maximum atomic E-state index is 10.5. The van der Waals surface area contributed by atoms with Crippen LogP contribution in [0.2, 0.25) is 0 Å². The van der Waals surface area contributed by atoms with Gasteiger partial charge >= 0.3 is 5.69 Å². The van der Waals surface area contributed by atoms with Gasteiger partial charge in [-0.15, -0.1) is 0 Å². The van der Waals surface area contributed by atoms with E-state index in [1.54, 1.807) is 0 Å². The molecule has 1 aromatic rings. The molecule has 0 aromatic carbocycles. The Balaban J connectivity index is 2.18. The van der Waals surface area contributed by atoms with Crippen LogP contribution in [0.1, 0.15) is 13.8 Å². The molecule has 2 heterocycles. The summed E-state index contributed by atoms with van der Waals surface area (Å²) in [6.07, 6.45) is 2.50. The van der Waals surface area contributed by atoms with E-state index in [1.807, 2.05) is 0 Å². The predicted octanol–water partition coefficient (Wildman–Crippen LogP) is 0.571. The van der Waals surface area contributed by atoms with Gasteiger partial charge < -0.3 is 10.2 Å². The molecule has 1 aromatic heterocycles. The Labute approximate surface area is 99.0 Å². The quantitative estimate of drug-likeness (QED) is 0.598. The number of nitrogens with zero attached hydrogens (tertiary/aromatic N) is 4. The van der Waals surface area contributed by atoms with Gasteiger partial charge in [-0.1, -0.05) is 0 Å². The van der Waals surface area contributed by atoms with E-state index in [0.717, 1.165) is 13.1 Å². The molecule has 0 aliphatic carbocycles. The lowest BCUT2D eigenvalue weighted by molar-refractivity contribution is -0.385. The maximum Gasteiger partial charge on any atom is 0.305 e. The van der Waals surface area contributed by atoms with Crippen molar-refractivity contribution in [3.05, 3.63) is 22.5 Å². The van der Waals surface area contributed by atoms with Gasteiger partial charge in [0.15, 0.2) is 0 Å². The highest BCUT2D eigenvalue weighted by Gasteiger charge is 2.24. The van der Waals surface area contributed by atoms with Gasteiger partial charge in [-0.25, -0.2) is 9.97 Å². The molecule has 2 rings (SSSR count). The first kappa shape index (κ1) is 11.7. The number of piperazine rings is 1. The van der Waals surface area contributed by atoms with E-state index in [1.165, 1.54) is 12.4 Å². The molecule has 1 fully saturated rings. The average Bonchev–Trinajstić information content (AvgIpc) is 2.32. The molecule has 1 aliphatic heterocycles. The van der Waals surface area contributed by atoms with Crippen molar-refractivity contribution in [2.75, 3.05) is 18.0 Å². The number of nitrogens with one attached hydrogen (secondary N) is 1. The first-order valence-corrected chi connectivity index (χ1v) is 5.54. The van der Waals surface area contributed by atoms with Crippen LogP contribution in [0.4, 0.5) is 11.6 Å². The lowest BCUT2D eigenvalue weighted by Gasteiger charge is -2.37. The van der Waals surface area contributed by atoms with Gasteiger partial charge in [0, 0.05) is 25.2 Å². The minimum absolute atomic E-state index is 0.0791. The summed E-state index contributed by atoms with van der Waals surface area (Å²) in [6.45, 7) is 5.83. The summed E-state index contributed by atoms with van der Waals surface area (Å²) in [5.41, 5.74) is -0.0791. The Morgan fingerprint density at radius 2 is 2.12 bits per heavy atom. The van der Waals surface area contributed by atoms with E-state index >= 15 is 0 Å². The molecule has 2 unspecified atom stereocenters. The molecular weight excluding hydrogens is 222 g/mol. The zero-order chi connectivity index (χ0) is 12.4. The second-order valence-electron chi connectivity index (χ2n) is 4.31. The van der Waals surface area contributed by atoms with Gasteiger partial charge in [-0.05, 0) is 13.8 Å². The molecule has 17 heavy (non-hydrogen) atoms. The van der Waals surface area contributed by atoms with Crippen LogP contribution < -0.4 is 10.2 Å². The van der Waals surface area contributed by atoms with E-state index in [-0.39, 0.29) is 11.7 Å². The third kappa shape index (κ3) is 2.50. The highest BCUT2D eigenvalue weighted by atomic mass is 16.6. The highest BCUT2D eigenvalue weighted by Crippen LogP contribution is 2.16. The molecule has 0 saturated carbocycles. The molecule has 0 bridgehead atoms. The number of hydrogen-bond donors (Lipinski definition) is 1. The standard InChI is InChI=1S/C10H15N5O2/c1-7-6-14(8(2)3-11-7)10-12-4-9(5-13-10)15(16)17/h4-5,7-8,11H,3,6H2,1-2H3. The smallest absolute Gasteiger partial charge is 0.305 e. The van der Waals surface area contributed by atoms with Gasteiger partial charge in [0.05, 0.1) is 4.92 Å². The zero-order valence-electron chi connectivity index (χ0n) is 9.83.